The Kier molecular flexibility index (Phi) is 0.868. The molecule has 0 spiro atoms. The summed E-state index contributed by atoms with van der Waals surface area (Å²) in [6.45, 7) is 0. The molecule has 0 amide bonds. The summed E-state index contributed by atoms with van der Waals surface area (Å²) < 4.78 is 0. The fraction of sp³-hybridized carbons (Fsp3) is 1.00. The summed E-state index contributed by atoms with van der Waals surface area (Å²) in [4.78, 5) is 0. The lowest BCUT2D eigenvalue weighted by molar-refractivity contribution is 0.127. The van der Waals surface area contributed by atoms with Crippen molar-refractivity contribution >= 4 is 0 Å². The molecule has 4 bridgehead atoms. The Labute approximate surface area is 61.3 Å². The van der Waals surface area contributed by atoms with Gasteiger partial charge in [-0.1, -0.05) is 0 Å². The fourth-order valence-electron chi connectivity index (χ4n) is 3.37. The van der Waals surface area contributed by atoms with Crippen LogP contribution < -0.4 is 5.84 Å². The van der Waals surface area contributed by atoms with Gasteiger partial charge in [0.25, 0.3) is 0 Å². The van der Waals surface area contributed by atoms with Crippen LogP contribution >= 0.6 is 0 Å². The molecule has 0 aromatic rings. The zero-order valence-electron chi connectivity index (χ0n) is 6.16. The number of hydrogen-bond donors (Lipinski definition) is 1. The van der Waals surface area contributed by atoms with Gasteiger partial charge in [-0.2, -0.15) is 0 Å². The lowest BCUT2D eigenvalue weighted by Gasteiger charge is -2.32. The standard InChI is InChI=1S/C8H14N2/c9-10-7-2-5-1-6(4-7)8(10)3-5/h5-8H,1-4,9H2. The second-order valence-electron chi connectivity index (χ2n) is 4.24. The molecule has 4 fully saturated rings. The van der Waals surface area contributed by atoms with Gasteiger partial charge in [0, 0.05) is 12.1 Å². The van der Waals surface area contributed by atoms with Gasteiger partial charge in [-0.05, 0) is 37.5 Å². The Balaban J connectivity index is 1.99. The van der Waals surface area contributed by atoms with Crippen molar-refractivity contribution in [3.8, 4) is 0 Å². The molecule has 4 unspecified atom stereocenters. The van der Waals surface area contributed by atoms with E-state index in [0.29, 0.717) is 0 Å². The highest BCUT2D eigenvalue weighted by atomic mass is 15.5. The maximum Gasteiger partial charge on any atom is 0.0275 e. The van der Waals surface area contributed by atoms with Crippen LogP contribution in [0.1, 0.15) is 25.7 Å². The summed E-state index contributed by atoms with van der Waals surface area (Å²) in [7, 11) is 0. The van der Waals surface area contributed by atoms with E-state index in [2.05, 4.69) is 5.01 Å². The van der Waals surface area contributed by atoms with Crippen LogP contribution in [0.4, 0.5) is 0 Å². The Morgan fingerprint density at radius 1 is 1.10 bits per heavy atom. The summed E-state index contributed by atoms with van der Waals surface area (Å²) in [6, 6.07) is 1.55. The first-order valence-electron chi connectivity index (χ1n) is 4.37. The average Bonchev–Trinajstić information content (AvgIpc) is 2.31. The minimum Gasteiger partial charge on any atom is -0.268 e. The molecule has 4 atom stereocenters. The van der Waals surface area contributed by atoms with Crippen LogP contribution in [0.3, 0.4) is 0 Å². The summed E-state index contributed by atoms with van der Waals surface area (Å²) in [6.07, 6.45) is 5.67. The largest absolute Gasteiger partial charge is 0.268 e. The van der Waals surface area contributed by atoms with Crippen LogP contribution in [0.2, 0.25) is 0 Å². The number of hydrazine groups is 1. The normalized spacial score (nSPS) is 58.5. The lowest BCUT2D eigenvalue weighted by atomic mass is 9.87. The molecule has 4 aliphatic rings. The minimum absolute atomic E-state index is 0.766. The predicted molar refractivity (Wildman–Crippen MR) is 39.1 cm³/mol. The van der Waals surface area contributed by atoms with Gasteiger partial charge in [-0.3, -0.25) is 5.84 Å². The molecule has 56 valence electrons. The molecule has 0 aromatic heterocycles. The number of hydrogen-bond acceptors (Lipinski definition) is 2. The lowest BCUT2D eigenvalue weighted by Crippen LogP contribution is -2.45. The van der Waals surface area contributed by atoms with E-state index in [1.165, 1.54) is 25.7 Å². The van der Waals surface area contributed by atoms with E-state index in [9.17, 15) is 0 Å². The van der Waals surface area contributed by atoms with E-state index < -0.39 is 0 Å². The van der Waals surface area contributed by atoms with E-state index in [0.717, 1.165) is 23.9 Å². The molecule has 0 radical (unpaired) electrons. The van der Waals surface area contributed by atoms with Crippen molar-refractivity contribution < 1.29 is 0 Å². The molecule has 4 rings (SSSR count). The van der Waals surface area contributed by atoms with E-state index in [4.69, 9.17) is 5.84 Å². The average molecular weight is 138 g/mol. The molecule has 2 heteroatoms. The molecule has 0 aromatic carbocycles. The van der Waals surface area contributed by atoms with Crippen molar-refractivity contribution in [1.82, 2.24) is 5.01 Å². The van der Waals surface area contributed by atoms with Crippen LogP contribution in [-0.2, 0) is 0 Å². The topological polar surface area (TPSA) is 29.3 Å². The highest BCUT2D eigenvalue weighted by molar-refractivity contribution is 5.04. The molecule has 2 heterocycles. The van der Waals surface area contributed by atoms with Gasteiger partial charge in [0.05, 0.1) is 0 Å². The predicted octanol–water partition coefficient (Wildman–Crippen LogP) is 0.733. The zero-order valence-corrected chi connectivity index (χ0v) is 6.16. The number of piperidine rings is 1. The van der Waals surface area contributed by atoms with Gasteiger partial charge < -0.3 is 0 Å². The van der Waals surface area contributed by atoms with E-state index in [1.54, 1.807) is 0 Å². The molecule has 2 N–H and O–H groups in total. The van der Waals surface area contributed by atoms with Gasteiger partial charge in [0.2, 0.25) is 0 Å². The highest BCUT2D eigenvalue weighted by Gasteiger charge is 2.51. The Morgan fingerprint density at radius 2 is 2.00 bits per heavy atom. The van der Waals surface area contributed by atoms with Crippen LogP contribution in [0.5, 0.6) is 0 Å². The van der Waals surface area contributed by atoms with E-state index >= 15 is 0 Å². The summed E-state index contributed by atoms with van der Waals surface area (Å²) in [5.41, 5.74) is 0. The molecule has 2 aliphatic carbocycles. The van der Waals surface area contributed by atoms with Crippen LogP contribution in [0.15, 0.2) is 0 Å². The van der Waals surface area contributed by atoms with E-state index in [-0.39, 0.29) is 0 Å². The van der Waals surface area contributed by atoms with Gasteiger partial charge >= 0.3 is 0 Å². The van der Waals surface area contributed by atoms with Crippen molar-refractivity contribution in [2.24, 2.45) is 17.7 Å². The first-order valence-corrected chi connectivity index (χ1v) is 4.37. The molecular weight excluding hydrogens is 124 g/mol. The third kappa shape index (κ3) is 0.487. The van der Waals surface area contributed by atoms with Crippen molar-refractivity contribution in [1.29, 1.82) is 0 Å². The van der Waals surface area contributed by atoms with Crippen molar-refractivity contribution in [3.05, 3.63) is 0 Å². The number of nitrogens with two attached hydrogens (primary N) is 1. The smallest absolute Gasteiger partial charge is 0.0275 e. The molecule has 2 nitrogen and oxygen atoms in total. The van der Waals surface area contributed by atoms with Crippen molar-refractivity contribution in [2.75, 3.05) is 0 Å². The first kappa shape index (κ1) is 5.56. The highest BCUT2D eigenvalue weighted by Crippen LogP contribution is 2.51. The van der Waals surface area contributed by atoms with Crippen molar-refractivity contribution in [3.63, 3.8) is 0 Å². The van der Waals surface area contributed by atoms with Gasteiger partial charge in [-0.25, -0.2) is 5.01 Å². The number of rotatable bonds is 0. The summed E-state index contributed by atoms with van der Waals surface area (Å²) >= 11 is 0. The van der Waals surface area contributed by atoms with Gasteiger partial charge in [0.15, 0.2) is 0 Å². The molecular formula is C8H14N2. The second-order valence-corrected chi connectivity index (χ2v) is 4.24. The fourth-order valence-corrected chi connectivity index (χ4v) is 3.37. The zero-order chi connectivity index (χ0) is 6.72. The summed E-state index contributed by atoms with van der Waals surface area (Å²) in [5.74, 6) is 7.96. The maximum atomic E-state index is 5.93. The van der Waals surface area contributed by atoms with Crippen LogP contribution in [0, 0.1) is 11.8 Å². The molecule has 2 saturated heterocycles. The SMILES string of the molecule is NN1C2CC3CC(C2)C1C3. The quantitative estimate of drug-likeness (QED) is 0.500. The van der Waals surface area contributed by atoms with Crippen LogP contribution in [-0.4, -0.2) is 17.1 Å². The maximum absolute atomic E-state index is 5.93. The third-order valence-electron chi connectivity index (χ3n) is 3.74. The van der Waals surface area contributed by atoms with Gasteiger partial charge in [0.1, 0.15) is 0 Å². The monoisotopic (exact) mass is 138 g/mol. The Bertz CT molecular complexity index is 163. The molecule has 2 aliphatic heterocycles. The first-order chi connectivity index (χ1) is 4.84. The Morgan fingerprint density at radius 3 is 2.70 bits per heavy atom. The number of nitrogens with zero attached hydrogens (tertiary/aromatic N) is 1. The third-order valence-corrected chi connectivity index (χ3v) is 3.74. The minimum atomic E-state index is 0.766. The molecule has 2 saturated carbocycles. The van der Waals surface area contributed by atoms with Crippen molar-refractivity contribution in [2.45, 2.75) is 37.8 Å². The van der Waals surface area contributed by atoms with E-state index in [1.807, 2.05) is 0 Å². The summed E-state index contributed by atoms with van der Waals surface area (Å²) in [5, 5.41) is 2.15. The Hall–Kier alpha value is -0.0800. The second kappa shape index (κ2) is 1.56. The van der Waals surface area contributed by atoms with Crippen LogP contribution in [0.25, 0.3) is 0 Å². The van der Waals surface area contributed by atoms with Gasteiger partial charge in [-0.15, -0.1) is 0 Å². The molecule has 10 heavy (non-hydrogen) atoms.